The van der Waals surface area contributed by atoms with Crippen molar-refractivity contribution in [1.29, 1.82) is 0 Å². The molecule has 0 aromatic heterocycles. The molecule has 0 spiro atoms. The highest BCUT2D eigenvalue weighted by Crippen LogP contribution is 2.28. The van der Waals surface area contributed by atoms with Crippen molar-refractivity contribution in [2.45, 2.75) is 24.7 Å². The molecule has 1 fully saturated rings. The van der Waals surface area contributed by atoms with E-state index in [0.717, 1.165) is 5.56 Å². The second-order valence-corrected chi connectivity index (χ2v) is 8.50. The van der Waals surface area contributed by atoms with Gasteiger partial charge in [0.25, 0.3) is 0 Å². The minimum atomic E-state index is -3.63. The summed E-state index contributed by atoms with van der Waals surface area (Å²) in [7, 11) is -2.08. The molecule has 1 aliphatic rings. The van der Waals surface area contributed by atoms with Crippen molar-refractivity contribution in [3.05, 3.63) is 59.7 Å². The average Bonchev–Trinajstić information content (AvgIpc) is 2.68. The van der Waals surface area contributed by atoms with Crippen molar-refractivity contribution in [3.63, 3.8) is 0 Å². The molecule has 0 saturated carbocycles. The van der Waals surface area contributed by atoms with Gasteiger partial charge in [0.15, 0.2) is 5.78 Å². The van der Waals surface area contributed by atoms with Gasteiger partial charge in [-0.15, -0.1) is 0 Å². The zero-order valence-corrected chi connectivity index (χ0v) is 15.8. The molecule has 1 saturated heterocycles. The van der Waals surface area contributed by atoms with Crippen LogP contribution in [-0.2, 0) is 10.0 Å². The van der Waals surface area contributed by atoms with Crippen LogP contribution < -0.4 is 4.74 Å². The second kappa shape index (κ2) is 7.60. The lowest BCUT2D eigenvalue weighted by molar-refractivity contribution is 0.0872. The topological polar surface area (TPSA) is 63.7 Å². The van der Waals surface area contributed by atoms with E-state index in [1.807, 2.05) is 25.1 Å². The number of ether oxygens (including phenoxy) is 1. The van der Waals surface area contributed by atoms with Crippen LogP contribution in [0.4, 0.5) is 0 Å². The Balaban J connectivity index is 1.82. The highest BCUT2D eigenvalue weighted by Gasteiger charge is 2.33. The minimum Gasteiger partial charge on any atom is -0.496 e. The number of aryl methyl sites for hydroxylation is 1. The monoisotopic (exact) mass is 373 g/mol. The van der Waals surface area contributed by atoms with Gasteiger partial charge >= 0.3 is 0 Å². The highest BCUT2D eigenvalue weighted by molar-refractivity contribution is 7.89. The number of sulfonamides is 1. The number of nitrogens with zero attached hydrogens (tertiary/aromatic N) is 1. The number of piperidine rings is 1. The van der Waals surface area contributed by atoms with Gasteiger partial charge in [0, 0.05) is 24.6 Å². The maximum absolute atomic E-state index is 13.0. The molecule has 0 amide bonds. The van der Waals surface area contributed by atoms with E-state index < -0.39 is 10.0 Å². The van der Waals surface area contributed by atoms with Gasteiger partial charge in [-0.05, 0) is 43.5 Å². The summed E-state index contributed by atoms with van der Waals surface area (Å²) >= 11 is 0. The van der Waals surface area contributed by atoms with Gasteiger partial charge in [-0.1, -0.05) is 30.3 Å². The zero-order chi connectivity index (χ0) is 18.7. The Morgan fingerprint density at radius 1 is 1.15 bits per heavy atom. The smallest absolute Gasteiger partial charge is 0.243 e. The Kier molecular flexibility index (Phi) is 5.44. The van der Waals surface area contributed by atoms with Crippen LogP contribution in [-0.4, -0.2) is 38.7 Å². The van der Waals surface area contributed by atoms with E-state index >= 15 is 0 Å². The van der Waals surface area contributed by atoms with Crippen LogP contribution >= 0.6 is 0 Å². The van der Waals surface area contributed by atoms with Crippen molar-refractivity contribution in [1.82, 2.24) is 4.31 Å². The summed E-state index contributed by atoms with van der Waals surface area (Å²) in [6, 6.07) is 13.9. The van der Waals surface area contributed by atoms with Crippen LogP contribution in [0.5, 0.6) is 5.75 Å². The molecule has 1 heterocycles. The van der Waals surface area contributed by atoms with E-state index in [1.165, 1.54) is 4.31 Å². The van der Waals surface area contributed by atoms with Gasteiger partial charge in [-0.25, -0.2) is 8.42 Å². The third kappa shape index (κ3) is 3.66. The normalized spacial score (nSPS) is 18.5. The van der Waals surface area contributed by atoms with Gasteiger partial charge in [0.1, 0.15) is 5.75 Å². The molecule has 138 valence electrons. The Morgan fingerprint density at radius 3 is 2.54 bits per heavy atom. The Bertz CT molecular complexity index is 893. The number of methoxy groups -OCH3 is 1. The van der Waals surface area contributed by atoms with Gasteiger partial charge in [-0.3, -0.25) is 4.79 Å². The van der Waals surface area contributed by atoms with E-state index in [2.05, 4.69) is 0 Å². The van der Waals surface area contributed by atoms with Crippen molar-refractivity contribution in [2.24, 2.45) is 5.92 Å². The highest BCUT2D eigenvalue weighted by atomic mass is 32.2. The van der Waals surface area contributed by atoms with Gasteiger partial charge in [-0.2, -0.15) is 4.31 Å². The molecule has 1 aliphatic heterocycles. The largest absolute Gasteiger partial charge is 0.496 e. The molecule has 2 aromatic carbocycles. The second-order valence-electron chi connectivity index (χ2n) is 6.56. The van der Waals surface area contributed by atoms with Gasteiger partial charge < -0.3 is 4.74 Å². The molecule has 5 nitrogen and oxygen atoms in total. The molecule has 3 rings (SSSR count). The molecular weight excluding hydrogens is 350 g/mol. The van der Waals surface area contributed by atoms with Crippen LogP contribution in [0, 0.1) is 12.8 Å². The summed E-state index contributed by atoms with van der Waals surface area (Å²) in [6.07, 6.45) is 1.39. The lowest BCUT2D eigenvalue weighted by Crippen LogP contribution is -2.42. The Hall–Kier alpha value is -2.18. The maximum atomic E-state index is 13.0. The lowest BCUT2D eigenvalue weighted by atomic mass is 9.91. The molecular formula is C20H23NO4S. The number of carbonyl (C=O) groups excluding carboxylic acids is 1. The fourth-order valence-corrected chi connectivity index (χ4v) is 4.98. The number of benzene rings is 2. The van der Waals surface area contributed by atoms with Gasteiger partial charge in [0.05, 0.1) is 12.0 Å². The van der Waals surface area contributed by atoms with Crippen molar-refractivity contribution < 1.29 is 17.9 Å². The molecule has 1 atom stereocenters. The summed E-state index contributed by atoms with van der Waals surface area (Å²) < 4.78 is 32.7. The summed E-state index contributed by atoms with van der Waals surface area (Å²) in [5, 5.41) is 0. The van der Waals surface area contributed by atoms with Crippen molar-refractivity contribution in [2.75, 3.05) is 20.2 Å². The van der Waals surface area contributed by atoms with Crippen LogP contribution in [0.1, 0.15) is 28.8 Å². The molecule has 0 bridgehead atoms. The summed E-state index contributed by atoms with van der Waals surface area (Å²) in [5.74, 6) is 0.358. The van der Waals surface area contributed by atoms with E-state index in [0.29, 0.717) is 30.7 Å². The fraction of sp³-hybridized carbons (Fsp3) is 0.350. The fourth-order valence-electron chi connectivity index (χ4n) is 3.37. The standard InChI is InChI=1S/C20H23NO4S/c1-15-13-18(10-11-19(15)25-2)26(23,24)21-12-6-9-17(14-21)20(22)16-7-4-3-5-8-16/h3-5,7-8,10-11,13,17H,6,9,12,14H2,1-2H3. The van der Waals surface area contributed by atoms with E-state index in [4.69, 9.17) is 4.74 Å². The number of ketones is 1. The Morgan fingerprint density at radius 2 is 1.88 bits per heavy atom. The number of hydrogen-bond acceptors (Lipinski definition) is 4. The SMILES string of the molecule is COc1ccc(S(=O)(=O)N2CCCC(C(=O)c3ccccc3)C2)cc1C. The van der Waals surface area contributed by atoms with E-state index in [9.17, 15) is 13.2 Å². The molecule has 0 aliphatic carbocycles. The van der Waals surface area contributed by atoms with E-state index in [-0.39, 0.29) is 23.1 Å². The third-order valence-electron chi connectivity index (χ3n) is 4.82. The van der Waals surface area contributed by atoms with Crippen molar-refractivity contribution in [3.8, 4) is 5.75 Å². The van der Waals surface area contributed by atoms with Gasteiger partial charge in [0.2, 0.25) is 10.0 Å². The molecule has 1 unspecified atom stereocenters. The average molecular weight is 373 g/mol. The first kappa shape index (κ1) is 18.6. The molecule has 0 radical (unpaired) electrons. The number of rotatable bonds is 5. The molecule has 2 aromatic rings. The van der Waals surface area contributed by atoms with Crippen LogP contribution in [0.15, 0.2) is 53.4 Å². The maximum Gasteiger partial charge on any atom is 0.243 e. The number of Topliss-reactive ketones (excluding diaryl/α,β-unsaturated/α-hetero) is 1. The lowest BCUT2D eigenvalue weighted by Gasteiger charge is -2.31. The molecule has 26 heavy (non-hydrogen) atoms. The summed E-state index contributed by atoms with van der Waals surface area (Å²) in [4.78, 5) is 12.9. The first-order valence-corrected chi connectivity index (χ1v) is 10.1. The summed E-state index contributed by atoms with van der Waals surface area (Å²) in [6.45, 7) is 2.48. The Labute approximate surface area is 154 Å². The molecule has 6 heteroatoms. The molecule has 0 N–H and O–H groups in total. The predicted molar refractivity (Wildman–Crippen MR) is 100.0 cm³/mol. The predicted octanol–water partition coefficient (Wildman–Crippen LogP) is 3.29. The van der Waals surface area contributed by atoms with Crippen LogP contribution in [0.2, 0.25) is 0 Å². The number of carbonyl (C=O) groups is 1. The third-order valence-corrected chi connectivity index (χ3v) is 6.68. The zero-order valence-electron chi connectivity index (χ0n) is 15.0. The first-order valence-electron chi connectivity index (χ1n) is 8.67. The van der Waals surface area contributed by atoms with E-state index in [1.54, 1.807) is 37.4 Å². The summed E-state index contributed by atoms with van der Waals surface area (Å²) in [5.41, 5.74) is 1.40. The first-order chi connectivity index (χ1) is 12.4. The van der Waals surface area contributed by atoms with Crippen molar-refractivity contribution >= 4 is 15.8 Å². The van der Waals surface area contributed by atoms with Crippen LogP contribution in [0.3, 0.4) is 0 Å². The number of hydrogen-bond donors (Lipinski definition) is 0. The quantitative estimate of drug-likeness (QED) is 0.755. The minimum absolute atomic E-state index is 0.0106. The van der Waals surface area contributed by atoms with Crippen LogP contribution in [0.25, 0.3) is 0 Å².